The van der Waals surface area contributed by atoms with Gasteiger partial charge in [0.15, 0.2) is 15.0 Å². The molecule has 0 aliphatic carbocycles. The van der Waals surface area contributed by atoms with E-state index in [2.05, 4.69) is 10.3 Å². The number of carbonyl (C=O) groups excluding carboxylic acids is 1. The van der Waals surface area contributed by atoms with E-state index in [4.69, 9.17) is 11.6 Å². The Morgan fingerprint density at radius 3 is 2.42 bits per heavy atom. The maximum absolute atomic E-state index is 12.3. The van der Waals surface area contributed by atoms with Gasteiger partial charge in [0, 0.05) is 11.8 Å². The molecule has 0 unspecified atom stereocenters. The minimum atomic E-state index is -3.29. The lowest BCUT2D eigenvalue weighted by Gasteiger charge is -2.03. The van der Waals surface area contributed by atoms with Crippen LogP contribution in [-0.2, 0) is 9.84 Å². The number of fused-ring (bicyclic) bond motifs is 1. The average molecular weight is 381 g/mol. The number of nitrogens with zero attached hydrogens (tertiary/aromatic N) is 1. The Labute approximate surface area is 148 Å². The number of anilines is 1. The van der Waals surface area contributed by atoms with Gasteiger partial charge in [0.05, 0.1) is 20.1 Å². The van der Waals surface area contributed by atoms with Crippen molar-refractivity contribution in [3.8, 4) is 0 Å². The number of rotatable bonds is 3. The number of thiazole rings is 1. The van der Waals surface area contributed by atoms with Crippen molar-refractivity contribution in [3.05, 3.63) is 52.5 Å². The topological polar surface area (TPSA) is 76.1 Å². The summed E-state index contributed by atoms with van der Waals surface area (Å²) in [5.41, 5.74) is 2.09. The molecule has 5 nitrogen and oxygen atoms in total. The van der Waals surface area contributed by atoms with Crippen LogP contribution >= 0.6 is 22.9 Å². The van der Waals surface area contributed by atoms with Crippen LogP contribution in [0.4, 0.5) is 5.13 Å². The molecule has 0 saturated carbocycles. The molecule has 1 amide bonds. The van der Waals surface area contributed by atoms with Gasteiger partial charge in [-0.3, -0.25) is 10.1 Å². The Morgan fingerprint density at radius 2 is 1.83 bits per heavy atom. The summed E-state index contributed by atoms with van der Waals surface area (Å²) in [5, 5.41) is 3.75. The van der Waals surface area contributed by atoms with Crippen LogP contribution < -0.4 is 5.32 Å². The summed E-state index contributed by atoms with van der Waals surface area (Å²) >= 11 is 7.45. The highest BCUT2D eigenvalue weighted by Gasteiger charge is 2.14. The Balaban J connectivity index is 1.87. The fourth-order valence-corrected chi connectivity index (χ4v) is 4.02. The second kappa shape index (κ2) is 6.16. The number of hydrogen-bond donors (Lipinski definition) is 1. The first-order chi connectivity index (χ1) is 11.3. The lowest BCUT2D eigenvalue weighted by molar-refractivity contribution is 0.102. The van der Waals surface area contributed by atoms with Gasteiger partial charge < -0.3 is 0 Å². The van der Waals surface area contributed by atoms with Crippen LogP contribution in [-0.4, -0.2) is 25.6 Å². The summed E-state index contributed by atoms with van der Waals surface area (Å²) in [7, 11) is -3.29. The zero-order chi connectivity index (χ0) is 17.5. The molecule has 0 fully saturated rings. The molecular weight excluding hydrogens is 368 g/mol. The smallest absolute Gasteiger partial charge is 0.257 e. The molecule has 1 N–H and O–H groups in total. The standard InChI is InChI=1S/C16H13ClN2O3S2/c1-9-3-8-12(17)14-13(9)18-16(23-14)19-15(20)10-4-6-11(7-5-10)24(2,21)22/h3-8H,1-2H3,(H,18,19,20). The van der Waals surface area contributed by atoms with Crippen LogP contribution in [0.15, 0.2) is 41.3 Å². The second-order valence-electron chi connectivity index (χ2n) is 5.31. The molecule has 124 valence electrons. The molecule has 8 heteroatoms. The third-order valence-electron chi connectivity index (χ3n) is 3.46. The predicted molar refractivity (Wildman–Crippen MR) is 96.9 cm³/mol. The number of amides is 1. The molecule has 3 rings (SSSR count). The van der Waals surface area contributed by atoms with E-state index in [1.54, 1.807) is 6.07 Å². The average Bonchev–Trinajstić information content (AvgIpc) is 2.95. The highest BCUT2D eigenvalue weighted by atomic mass is 35.5. The van der Waals surface area contributed by atoms with Gasteiger partial charge in [-0.05, 0) is 42.8 Å². The number of aryl methyl sites for hydroxylation is 1. The summed E-state index contributed by atoms with van der Waals surface area (Å²) in [6, 6.07) is 9.43. The van der Waals surface area contributed by atoms with E-state index in [1.807, 2.05) is 13.0 Å². The minimum absolute atomic E-state index is 0.168. The second-order valence-corrected chi connectivity index (χ2v) is 8.73. The van der Waals surface area contributed by atoms with E-state index in [0.717, 1.165) is 22.0 Å². The largest absolute Gasteiger partial charge is 0.298 e. The molecule has 3 aromatic rings. The van der Waals surface area contributed by atoms with Crippen molar-refractivity contribution in [2.75, 3.05) is 11.6 Å². The fraction of sp³-hybridized carbons (Fsp3) is 0.125. The van der Waals surface area contributed by atoms with E-state index < -0.39 is 9.84 Å². The van der Waals surface area contributed by atoms with Crippen LogP contribution in [0.5, 0.6) is 0 Å². The highest BCUT2D eigenvalue weighted by molar-refractivity contribution is 7.90. The zero-order valence-corrected chi connectivity index (χ0v) is 15.2. The third-order valence-corrected chi connectivity index (χ3v) is 6.02. The van der Waals surface area contributed by atoms with Crippen molar-refractivity contribution in [2.24, 2.45) is 0 Å². The summed E-state index contributed by atoms with van der Waals surface area (Å²) in [6.45, 7) is 1.92. The normalized spacial score (nSPS) is 11.6. The van der Waals surface area contributed by atoms with Crippen LogP contribution in [0.2, 0.25) is 5.02 Å². The van der Waals surface area contributed by atoms with Crippen LogP contribution in [0.25, 0.3) is 10.2 Å². The quantitative estimate of drug-likeness (QED) is 0.747. The zero-order valence-electron chi connectivity index (χ0n) is 12.8. The fourth-order valence-electron chi connectivity index (χ4n) is 2.18. The number of halogens is 1. The maximum atomic E-state index is 12.3. The summed E-state index contributed by atoms with van der Waals surface area (Å²) in [4.78, 5) is 16.9. The summed E-state index contributed by atoms with van der Waals surface area (Å²) in [5.74, 6) is -0.358. The first kappa shape index (κ1) is 16.9. The lowest BCUT2D eigenvalue weighted by atomic mass is 10.2. The highest BCUT2D eigenvalue weighted by Crippen LogP contribution is 2.34. The van der Waals surface area contributed by atoms with E-state index >= 15 is 0 Å². The molecule has 0 radical (unpaired) electrons. The Hall–Kier alpha value is -1.96. The minimum Gasteiger partial charge on any atom is -0.298 e. The number of nitrogens with one attached hydrogen (secondary N) is 1. The molecule has 1 aromatic heterocycles. The van der Waals surface area contributed by atoms with E-state index in [0.29, 0.717) is 15.7 Å². The van der Waals surface area contributed by atoms with Crippen LogP contribution in [0, 0.1) is 6.92 Å². The number of carbonyl (C=O) groups is 1. The van der Waals surface area contributed by atoms with Crippen LogP contribution in [0.3, 0.4) is 0 Å². The number of aromatic nitrogens is 1. The molecule has 0 aliphatic rings. The third kappa shape index (κ3) is 3.28. The van der Waals surface area contributed by atoms with Gasteiger partial charge in [-0.15, -0.1) is 0 Å². The van der Waals surface area contributed by atoms with Crippen molar-refractivity contribution in [1.29, 1.82) is 0 Å². The van der Waals surface area contributed by atoms with E-state index in [-0.39, 0.29) is 10.8 Å². The van der Waals surface area contributed by atoms with Crippen molar-refractivity contribution in [1.82, 2.24) is 4.98 Å². The summed E-state index contributed by atoms with van der Waals surface area (Å²) < 4.78 is 23.7. The van der Waals surface area contributed by atoms with Gasteiger partial charge in [-0.25, -0.2) is 13.4 Å². The SMILES string of the molecule is Cc1ccc(Cl)c2sc(NC(=O)c3ccc(S(C)(=O)=O)cc3)nc12. The molecule has 0 aliphatic heterocycles. The molecule has 0 spiro atoms. The molecule has 0 bridgehead atoms. The van der Waals surface area contributed by atoms with Crippen molar-refractivity contribution < 1.29 is 13.2 Å². The lowest BCUT2D eigenvalue weighted by Crippen LogP contribution is -2.11. The van der Waals surface area contributed by atoms with Crippen molar-refractivity contribution >= 4 is 54.0 Å². The summed E-state index contributed by atoms with van der Waals surface area (Å²) in [6.07, 6.45) is 1.12. The first-order valence-electron chi connectivity index (χ1n) is 6.93. The van der Waals surface area contributed by atoms with E-state index in [9.17, 15) is 13.2 Å². The monoisotopic (exact) mass is 380 g/mol. The Kier molecular flexibility index (Phi) is 4.33. The predicted octanol–water partition coefficient (Wildman–Crippen LogP) is 3.91. The van der Waals surface area contributed by atoms with Crippen LogP contribution in [0.1, 0.15) is 15.9 Å². The number of sulfone groups is 1. The van der Waals surface area contributed by atoms with Gasteiger partial charge in [0.25, 0.3) is 5.91 Å². The Bertz CT molecular complexity index is 1000. The molecular formula is C16H13ClN2O3S2. The molecule has 24 heavy (non-hydrogen) atoms. The first-order valence-corrected chi connectivity index (χ1v) is 10.0. The maximum Gasteiger partial charge on any atom is 0.257 e. The van der Waals surface area contributed by atoms with Gasteiger partial charge in [0.1, 0.15) is 0 Å². The van der Waals surface area contributed by atoms with Gasteiger partial charge in [-0.2, -0.15) is 0 Å². The molecule has 0 atom stereocenters. The molecule has 0 saturated heterocycles. The van der Waals surface area contributed by atoms with Gasteiger partial charge in [0.2, 0.25) is 0 Å². The number of hydrogen-bond acceptors (Lipinski definition) is 5. The van der Waals surface area contributed by atoms with E-state index in [1.165, 1.54) is 35.6 Å². The molecule has 1 heterocycles. The Morgan fingerprint density at radius 1 is 1.17 bits per heavy atom. The van der Waals surface area contributed by atoms with Gasteiger partial charge in [-0.1, -0.05) is 29.0 Å². The van der Waals surface area contributed by atoms with Crippen molar-refractivity contribution in [2.45, 2.75) is 11.8 Å². The van der Waals surface area contributed by atoms with Gasteiger partial charge >= 0.3 is 0 Å². The number of benzene rings is 2. The molecule has 2 aromatic carbocycles. The van der Waals surface area contributed by atoms with Crippen molar-refractivity contribution in [3.63, 3.8) is 0 Å².